The van der Waals surface area contributed by atoms with Gasteiger partial charge in [0.1, 0.15) is 11.6 Å². The van der Waals surface area contributed by atoms with Crippen molar-refractivity contribution < 1.29 is 8.78 Å². The Morgan fingerprint density at radius 2 is 1.89 bits per heavy atom. The standard InChI is InChI=1S/C14H13ClF2N2/c1-8-5-6-11(16)9(7-8)14(19-18)13-10(15)3-2-4-12(13)17/h2-7,14,19H,18H2,1H3. The van der Waals surface area contributed by atoms with Crippen molar-refractivity contribution in [3.8, 4) is 0 Å². The van der Waals surface area contributed by atoms with Crippen molar-refractivity contribution in [2.24, 2.45) is 5.84 Å². The van der Waals surface area contributed by atoms with Gasteiger partial charge < -0.3 is 0 Å². The zero-order chi connectivity index (χ0) is 14.0. The van der Waals surface area contributed by atoms with Gasteiger partial charge in [-0.3, -0.25) is 5.84 Å². The maximum absolute atomic E-state index is 13.9. The molecule has 0 saturated heterocycles. The molecule has 0 aliphatic rings. The predicted molar refractivity (Wildman–Crippen MR) is 71.7 cm³/mol. The van der Waals surface area contributed by atoms with Crippen LogP contribution in [0.2, 0.25) is 5.02 Å². The van der Waals surface area contributed by atoms with Crippen molar-refractivity contribution in [3.05, 3.63) is 69.7 Å². The van der Waals surface area contributed by atoms with Gasteiger partial charge in [0.05, 0.1) is 6.04 Å². The van der Waals surface area contributed by atoms with Crippen LogP contribution in [0.3, 0.4) is 0 Å². The first-order valence-corrected chi connectivity index (χ1v) is 6.08. The molecule has 19 heavy (non-hydrogen) atoms. The van der Waals surface area contributed by atoms with Crippen LogP contribution in [0.4, 0.5) is 8.78 Å². The first-order valence-electron chi connectivity index (χ1n) is 5.70. The lowest BCUT2D eigenvalue weighted by atomic mass is 9.97. The summed E-state index contributed by atoms with van der Waals surface area (Å²) in [7, 11) is 0. The van der Waals surface area contributed by atoms with E-state index in [1.54, 1.807) is 12.1 Å². The maximum atomic E-state index is 13.9. The van der Waals surface area contributed by atoms with Crippen LogP contribution in [0.15, 0.2) is 36.4 Å². The average Bonchev–Trinajstić information content (AvgIpc) is 2.37. The van der Waals surface area contributed by atoms with E-state index < -0.39 is 17.7 Å². The van der Waals surface area contributed by atoms with E-state index >= 15 is 0 Å². The highest BCUT2D eigenvalue weighted by Gasteiger charge is 2.22. The predicted octanol–water partition coefficient (Wildman–Crippen LogP) is 3.48. The Balaban J connectivity index is 2.59. The van der Waals surface area contributed by atoms with Crippen LogP contribution in [-0.2, 0) is 0 Å². The SMILES string of the molecule is Cc1ccc(F)c(C(NN)c2c(F)cccc2Cl)c1. The van der Waals surface area contributed by atoms with E-state index in [4.69, 9.17) is 17.4 Å². The minimum absolute atomic E-state index is 0.135. The summed E-state index contributed by atoms with van der Waals surface area (Å²) >= 11 is 5.99. The molecule has 2 aromatic rings. The van der Waals surface area contributed by atoms with Crippen LogP contribution in [0.25, 0.3) is 0 Å². The Labute approximate surface area is 115 Å². The Bertz CT molecular complexity index is 582. The number of halogens is 3. The molecule has 2 nitrogen and oxygen atoms in total. The van der Waals surface area contributed by atoms with E-state index in [1.165, 1.54) is 24.3 Å². The third kappa shape index (κ3) is 2.76. The van der Waals surface area contributed by atoms with E-state index in [2.05, 4.69) is 5.43 Å². The van der Waals surface area contributed by atoms with Gasteiger partial charge in [-0.15, -0.1) is 0 Å². The molecule has 0 aliphatic heterocycles. The van der Waals surface area contributed by atoms with Gasteiger partial charge in [0, 0.05) is 16.1 Å². The van der Waals surface area contributed by atoms with Crippen molar-refractivity contribution in [1.29, 1.82) is 0 Å². The van der Waals surface area contributed by atoms with Crippen LogP contribution in [0.5, 0.6) is 0 Å². The third-order valence-electron chi connectivity index (χ3n) is 2.92. The number of hydrogen-bond donors (Lipinski definition) is 2. The maximum Gasteiger partial charge on any atom is 0.129 e. The number of hydrazine groups is 1. The van der Waals surface area contributed by atoms with Crippen LogP contribution in [0.1, 0.15) is 22.7 Å². The van der Waals surface area contributed by atoms with Gasteiger partial charge >= 0.3 is 0 Å². The zero-order valence-corrected chi connectivity index (χ0v) is 11.0. The molecule has 0 aliphatic carbocycles. The molecule has 2 aromatic carbocycles. The Morgan fingerprint density at radius 1 is 1.16 bits per heavy atom. The summed E-state index contributed by atoms with van der Waals surface area (Å²) in [6, 6.07) is 8.02. The summed E-state index contributed by atoms with van der Waals surface area (Å²) in [4.78, 5) is 0. The summed E-state index contributed by atoms with van der Waals surface area (Å²) in [5, 5.41) is 0.198. The van der Waals surface area contributed by atoms with Gasteiger partial charge in [0.2, 0.25) is 0 Å². The first kappa shape index (κ1) is 13.9. The highest BCUT2D eigenvalue weighted by atomic mass is 35.5. The molecule has 5 heteroatoms. The molecule has 3 N–H and O–H groups in total. The van der Waals surface area contributed by atoms with E-state index in [-0.39, 0.29) is 16.1 Å². The second-order valence-electron chi connectivity index (χ2n) is 4.26. The van der Waals surface area contributed by atoms with Crippen LogP contribution < -0.4 is 11.3 Å². The fourth-order valence-electron chi connectivity index (χ4n) is 2.00. The Hall–Kier alpha value is -1.49. The topological polar surface area (TPSA) is 38.0 Å². The average molecular weight is 283 g/mol. The molecule has 100 valence electrons. The van der Waals surface area contributed by atoms with Gasteiger partial charge in [-0.05, 0) is 25.1 Å². The highest BCUT2D eigenvalue weighted by Crippen LogP contribution is 2.31. The fraction of sp³-hybridized carbons (Fsp3) is 0.143. The largest absolute Gasteiger partial charge is 0.271 e. The van der Waals surface area contributed by atoms with Crippen molar-refractivity contribution in [2.75, 3.05) is 0 Å². The molecule has 0 spiro atoms. The summed E-state index contributed by atoms with van der Waals surface area (Å²) in [5.74, 6) is 4.46. The summed E-state index contributed by atoms with van der Waals surface area (Å²) in [5.41, 5.74) is 3.67. The quantitative estimate of drug-likeness (QED) is 0.668. The zero-order valence-electron chi connectivity index (χ0n) is 10.3. The third-order valence-corrected chi connectivity index (χ3v) is 3.25. The molecule has 2 rings (SSSR count). The lowest BCUT2D eigenvalue weighted by Crippen LogP contribution is -2.30. The molecule has 0 fully saturated rings. The lowest BCUT2D eigenvalue weighted by Gasteiger charge is -2.20. The van der Waals surface area contributed by atoms with E-state index in [9.17, 15) is 8.78 Å². The normalized spacial score (nSPS) is 12.5. The second-order valence-corrected chi connectivity index (χ2v) is 4.67. The molecule has 0 saturated carbocycles. The number of benzene rings is 2. The molecule has 1 atom stereocenters. The minimum atomic E-state index is -0.839. The fourth-order valence-corrected chi connectivity index (χ4v) is 2.27. The summed E-state index contributed by atoms with van der Waals surface area (Å²) < 4.78 is 27.8. The first-order chi connectivity index (χ1) is 9.04. The number of nitrogens with two attached hydrogens (primary N) is 1. The summed E-state index contributed by atoms with van der Waals surface area (Å²) in [6.45, 7) is 1.82. The van der Waals surface area contributed by atoms with Gasteiger partial charge in [-0.2, -0.15) is 0 Å². The van der Waals surface area contributed by atoms with E-state index in [0.29, 0.717) is 0 Å². The van der Waals surface area contributed by atoms with Gasteiger partial charge in [-0.25, -0.2) is 14.2 Å². The van der Waals surface area contributed by atoms with Crippen LogP contribution >= 0.6 is 11.6 Å². The number of nitrogens with one attached hydrogen (secondary N) is 1. The van der Waals surface area contributed by atoms with Crippen LogP contribution in [-0.4, -0.2) is 0 Å². The van der Waals surface area contributed by atoms with E-state index in [1.807, 2.05) is 6.92 Å². The molecule has 0 aromatic heterocycles. The van der Waals surface area contributed by atoms with Gasteiger partial charge in [0.15, 0.2) is 0 Å². The second kappa shape index (κ2) is 5.65. The smallest absolute Gasteiger partial charge is 0.129 e. The number of rotatable bonds is 3. The molecule has 1 unspecified atom stereocenters. The molecule has 0 bridgehead atoms. The lowest BCUT2D eigenvalue weighted by molar-refractivity contribution is 0.531. The highest BCUT2D eigenvalue weighted by molar-refractivity contribution is 6.31. The van der Waals surface area contributed by atoms with Crippen molar-refractivity contribution >= 4 is 11.6 Å². The molecular weight excluding hydrogens is 270 g/mol. The number of aryl methyl sites for hydroxylation is 1. The van der Waals surface area contributed by atoms with Gasteiger partial charge in [0.25, 0.3) is 0 Å². The molecular formula is C14H13ClF2N2. The van der Waals surface area contributed by atoms with Crippen molar-refractivity contribution in [3.63, 3.8) is 0 Å². The Kier molecular flexibility index (Phi) is 4.14. The molecule has 0 amide bonds. The minimum Gasteiger partial charge on any atom is -0.271 e. The molecule has 0 radical (unpaired) electrons. The Morgan fingerprint density at radius 3 is 2.53 bits per heavy atom. The van der Waals surface area contributed by atoms with Crippen LogP contribution in [0, 0.1) is 18.6 Å². The molecule has 0 heterocycles. The van der Waals surface area contributed by atoms with Crippen molar-refractivity contribution in [1.82, 2.24) is 5.43 Å². The van der Waals surface area contributed by atoms with Crippen molar-refractivity contribution in [2.45, 2.75) is 13.0 Å². The number of hydrogen-bond acceptors (Lipinski definition) is 2. The van der Waals surface area contributed by atoms with E-state index in [0.717, 1.165) is 5.56 Å². The monoisotopic (exact) mass is 282 g/mol. The summed E-state index contributed by atoms with van der Waals surface area (Å²) in [6.07, 6.45) is 0. The van der Waals surface area contributed by atoms with Gasteiger partial charge in [-0.1, -0.05) is 35.4 Å².